The van der Waals surface area contributed by atoms with Crippen molar-refractivity contribution in [2.75, 3.05) is 37.8 Å². The number of carbonyl (C=O) groups excluding carboxylic acids is 1. The maximum atomic E-state index is 14.0. The normalized spacial score (nSPS) is 20.5. The summed E-state index contributed by atoms with van der Waals surface area (Å²) in [7, 11) is 0. The van der Waals surface area contributed by atoms with Gasteiger partial charge in [-0.15, -0.1) is 0 Å². The molecule has 1 saturated heterocycles. The van der Waals surface area contributed by atoms with Crippen LogP contribution in [0.4, 0.5) is 14.7 Å². The molecule has 0 radical (unpaired) electrons. The topological polar surface area (TPSA) is 115 Å². The number of aliphatic hydroxyl groups is 1. The molecule has 0 unspecified atom stereocenters. The van der Waals surface area contributed by atoms with E-state index in [0.29, 0.717) is 62.5 Å². The number of aliphatic hydroxyl groups excluding tert-OH is 1. The quantitative estimate of drug-likeness (QED) is 0.519. The van der Waals surface area contributed by atoms with E-state index in [4.69, 9.17) is 14.6 Å². The number of fused-ring (bicyclic) bond motifs is 1. The van der Waals surface area contributed by atoms with Gasteiger partial charge in [-0.1, -0.05) is 12.1 Å². The molecule has 5 rings (SSSR count). The maximum absolute atomic E-state index is 14.0. The van der Waals surface area contributed by atoms with Crippen molar-refractivity contribution in [3.05, 3.63) is 36.2 Å². The summed E-state index contributed by atoms with van der Waals surface area (Å²) >= 11 is 0. The molecule has 3 heterocycles. The van der Waals surface area contributed by atoms with E-state index in [-0.39, 0.29) is 23.8 Å². The first-order valence-corrected chi connectivity index (χ1v) is 11.6. The van der Waals surface area contributed by atoms with E-state index in [1.54, 1.807) is 30.3 Å². The van der Waals surface area contributed by atoms with Gasteiger partial charge in [-0.05, 0) is 25.0 Å². The molecule has 1 aromatic carbocycles. The lowest BCUT2D eigenvalue weighted by molar-refractivity contribution is -0.124. The van der Waals surface area contributed by atoms with Gasteiger partial charge in [0.05, 0.1) is 24.2 Å². The molecule has 2 atom stereocenters. The Kier molecular flexibility index (Phi) is 6.73. The molecule has 35 heavy (non-hydrogen) atoms. The van der Waals surface area contributed by atoms with E-state index in [1.807, 2.05) is 4.90 Å². The van der Waals surface area contributed by atoms with Gasteiger partial charge in [0.25, 0.3) is 6.43 Å². The van der Waals surface area contributed by atoms with E-state index in [0.717, 1.165) is 0 Å². The van der Waals surface area contributed by atoms with Gasteiger partial charge in [0.2, 0.25) is 17.7 Å². The number of imidazole rings is 1. The summed E-state index contributed by atoms with van der Waals surface area (Å²) in [4.78, 5) is 26.8. The number of nitrogens with zero attached hydrogens (tertiary/aromatic N) is 5. The van der Waals surface area contributed by atoms with Gasteiger partial charge in [0, 0.05) is 31.6 Å². The number of anilines is 1. The fraction of sp³-hybridized carbons (Fsp3) is 0.478. The van der Waals surface area contributed by atoms with Crippen LogP contribution in [-0.2, 0) is 9.53 Å². The predicted octanol–water partition coefficient (Wildman–Crippen LogP) is 2.00. The smallest absolute Gasteiger partial charge is 0.296 e. The van der Waals surface area contributed by atoms with Crippen molar-refractivity contribution < 1.29 is 28.2 Å². The number of nitrogens with one attached hydrogen (secondary N) is 1. The molecule has 0 spiro atoms. The second-order valence-electron chi connectivity index (χ2n) is 8.53. The van der Waals surface area contributed by atoms with Gasteiger partial charge in [-0.3, -0.25) is 9.36 Å². The molecule has 1 amide bonds. The summed E-state index contributed by atoms with van der Waals surface area (Å²) in [6, 6.07) is 8.34. The number of halogens is 2. The van der Waals surface area contributed by atoms with Crippen LogP contribution in [-0.4, -0.2) is 75.6 Å². The monoisotopic (exact) mass is 488 g/mol. The number of alkyl halides is 2. The summed E-state index contributed by atoms with van der Waals surface area (Å²) in [5.41, 5.74) is 0.947. The minimum absolute atomic E-state index is 0.109. The molecular weight excluding hydrogens is 462 g/mol. The summed E-state index contributed by atoms with van der Waals surface area (Å²) in [6.07, 6.45) is -1.10. The third kappa shape index (κ3) is 5.03. The molecule has 1 saturated carbocycles. The first kappa shape index (κ1) is 23.4. The number of aromatic nitrogens is 4. The van der Waals surface area contributed by atoms with Crippen molar-refractivity contribution in [1.82, 2.24) is 24.8 Å². The van der Waals surface area contributed by atoms with Gasteiger partial charge in [0.1, 0.15) is 18.5 Å². The van der Waals surface area contributed by atoms with E-state index in [1.165, 1.54) is 4.57 Å². The van der Waals surface area contributed by atoms with Crippen molar-refractivity contribution in [1.29, 1.82) is 0 Å². The predicted molar refractivity (Wildman–Crippen MR) is 122 cm³/mol. The molecule has 1 aliphatic heterocycles. The number of rotatable bonds is 7. The van der Waals surface area contributed by atoms with Crippen LogP contribution in [0, 0.1) is 0 Å². The SMILES string of the molecule is O=C(CO)N[C@H]1CC[C@H](Oc2cc(-n3c(C(F)F)nc4ccccc43)nc(N3CCOCC3)n2)C1. The fourth-order valence-corrected chi connectivity index (χ4v) is 4.53. The Morgan fingerprint density at radius 3 is 2.77 bits per heavy atom. The second kappa shape index (κ2) is 10.1. The van der Waals surface area contributed by atoms with Crippen molar-refractivity contribution in [2.45, 2.75) is 37.8 Å². The summed E-state index contributed by atoms with van der Waals surface area (Å²) in [5.74, 6) is 0.0247. The highest BCUT2D eigenvalue weighted by atomic mass is 19.3. The number of amides is 1. The Balaban J connectivity index is 1.50. The lowest BCUT2D eigenvalue weighted by atomic mass is 10.2. The third-order valence-electron chi connectivity index (χ3n) is 6.16. The number of benzene rings is 1. The summed E-state index contributed by atoms with van der Waals surface area (Å²) in [5, 5.41) is 11.7. The lowest BCUT2D eigenvalue weighted by Gasteiger charge is -2.27. The number of carbonyl (C=O) groups is 1. The average molecular weight is 488 g/mol. The van der Waals surface area contributed by atoms with Crippen LogP contribution in [0.15, 0.2) is 30.3 Å². The highest BCUT2D eigenvalue weighted by Gasteiger charge is 2.29. The molecule has 12 heteroatoms. The zero-order valence-corrected chi connectivity index (χ0v) is 18.9. The summed E-state index contributed by atoms with van der Waals surface area (Å²) < 4.78 is 40.9. The third-order valence-corrected chi connectivity index (χ3v) is 6.16. The Bertz CT molecular complexity index is 1200. The van der Waals surface area contributed by atoms with E-state index in [2.05, 4.69) is 20.3 Å². The van der Waals surface area contributed by atoms with Crippen LogP contribution >= 0.6 is 0 Å². The Labute approximate surface area is 199 Å². The molecule has 2 fully saturated rings. The molecule has 10 nitrogen and oxygen atoms in total. The van der Waals surface area contributed by atoms with Crippen molar-refractivity contribution in [2.24, 2.45) is 0 Å². The Hall–Kier alpha value is -3.38. The van der Waals surface area contributed by atoms with Crippen LogP contribution < -0.4 is 15.0 Å². The number of hydrogen-bond acceptors (Lipinski definition) is 8. The molecule has 2 aliphatic rings. The molecular formula is C23H26F2N6O4. The molecule has 0 bridgehead atoms. The number of morpholine rings is 1. The minimum atomic E-state index is -2.81. The molecule has 186 valence electrons. The van der Waals surface area contributed by atoms with E-state index < -0.39 is 24.8 Å². The molecule has 1 aliphatic carbocycles. The maximum Gasteiger partial charge on any atom is 0.296 e. The van der Waals surface area contributed by atoms with Gasteiger partial charge in [0.15, 0.2) is 5.82 Å². The van der Waals surface area contributed by atoms with Crippen LogP contribution in [0.5, 0.6) is 5.88 Å². The highest BCUT2D eigenvalue weighted by molar-refractivity contribution is 5.78. The number of hydrogen-bond donors (Lipinski definition) is 2. The largest absolute Gasteiger partial charge is 0.474 e. The van der Waals surface area contributed by atoms with Crippen molar-refractivity contribution in [3.8, 4) is 11.7 Å². The first-order chi connectivity index (χ1) is 17.0. The Morgan fingerprint density at radius 1 is 1.20 bits per heavy atom. The second-order valence-corrected chi connectivity index (χ2v) is 8.53. The zero-order chi connectivity index (χ0) is 24.4. The lowest BCUT2D eigenvalue weighted by Crippen LogP contribution is -2.37. The highest BCUT2D eigenvalue weighted by Crippen LogP contribution is 2.31. The molecule has 2 N–H and O–H groups in total. The molecule has 3 aromatic rings. The van der Waals surface area contributed by atoms with Crippen molar-refractivity contribution >= 4 is 22.9 Å². The van der Waals surface area contributed by atoms with E-state index >= 15 is 0 Å². The fourth-order valence-electron chi connectivity index (χ4n) is 4.53. The van der Waals surface area contributed by atoms with Gasteiger partial charge in [-0.2, -0.15) is 9.97 Å². The molecule has 2 aromatic heterocycles. The van der Waals surface area contributed by atoms with Gasteiger partial charge >= 0.3 is 0 Å². The Morgan fingerprint density at radius 2 is 2.00 bits per heavy atom. The van der Waals surface area contributed by atoms with Gasteiger partial charge in [-0.25, -0.2) is 13.8 Å². The first-order valence-electron chi connectivity index (χ1n) is 11.6. The number of ether oxygens (including phenoxy) is 2. The van der Waals surface area contributed by atoms with Crippen LogP contribution in [0.25, 0.3) is 16.9 Å². The van der Waals surface area contributed by atoms with Crippen molar-refractivity contribution in [3.63, 3.8) is 0 Å². The van der Waals surface area contributed by atoms with E-state index in [9.17, 15) is 13.6 Å². The van der Waals surface area contributed by atoms with Crippen LogP contribution in [0.3, 0.4) is 0 Å². The average Bonchev–Trinajstić information content (AvgIpc) is 3.48. The standard InChI is InChI=1S/C23H26F2N6O4/c24-21(25)22-27-16-3-1-2-4-17(16)31(22)18-12-20(29-23(28-18)30-7-9-34-10-8-30)35-15-6-5-14(11-15)26-19(33)13-32/h1-4,12,14-15,21,32H,5-11,13H2,(H,26,33)/t14-,15-/m0/s1. The van der Waals surface area contributed by atoms with Crippen LogP contribution in [0.2, 0.25) is 0 Å². The van der Waals surface area contributed by atoms with Crippen LogP contribution in [0.1, 0.15) is 31.5 Å². The number of para-hydroxylation sites is 2. The zero-order valence-electron chi connectivity index (χ0n) is 18.9. The van der Waals surface area contributed by atoms with Gasteiger partial charge < -0.3 is 24.8 Å². The minimum Gasteiger partial charge on any atom is -0.474 e. The summed E-state index contributed by atoms with van der Waals surface area (Å²) in [6.45, 7) is 1.58.